The predicted molar refractivity (Wildman–Crippen MR) is 62.3 cm³/mol. The Bertz CT molecular complexity index is 530. The second kappa shape index (κ2) is 4.70. The molecule has 7 heteroatoms. The molecule has 2 N–H and O–H groups in total. The van der Waals surface area contributed by atoms with Crippen molar-refractivity contribution in [2.45, 2.75) is 6.43 Å². The highest BCUT2D eigenvalue weighted by molar-refractivity contribution is 9.10. The lowest BCUT2D eigenvalue weighted by Gasteiger charge is -2.05. The third-order valence-corrected chi connectivity index (χ3v) is 2.48. The summed E-state index contributed by atoms with van der Waals surface area (Å²) in [6.07, 6.45) is -0.0304. The highest BCUT2D eigenvalue weighted by Crippen LogP contribution is 2.24. The van der Waals surface area contributed by atoms with E-state index in [-0.39, 0.29) is 11.5 Å². The maximum absolute atomic E-state index is 12.6. The van der Waals surface area contributed by atoms with E-state index in [9.17, 15) is 8.78 Å². The van der Waals surface area contributed by atoms with Gasteiger partial charge in [0.25, 0.3) is 6.43 Å². The Kier molecular flexibility index (Phi) is 3.28. The lowest BCUT2D eigenvalue weighted by Crippen LogP contribution is -2.02. The maximum Gasteiger partial charge on any atom is 0.282 e. The van der Waals surface area contributed by atoms with Gasteiger partial charge in [-0.1, -0.05) is 0 Å². The molecule has 0 unspecified atom stereocenters. The molecular formula is C10H7BrF2N4. The number of nitrogens with two attached hydrogens (primary N) is 1. The number of hydrogen-bond acceptors (Lipinski definition) is 4. The molecule has 0 bridgehead atoms. The minimum absolute atomic E-state index is 0.124. The fourth-order valence-electron chi connectivity index (χ4n) is 1.21. The van der Waals surface area contributed by atoms with Crippen molar-refractivity contribution in [1.29, 1.82) is 0 Å². The van der Waals surface area contributed by atoms with Gasteiger partial charge in [-0.15, -0.1) is 0 Å². The van der Waals surface area contributed by atoms with Crippen molar-refractivity contribution in [2.75, 3.05) is 5.73 Å². The Balaban J connectivity index is 2.46. The van der Waals surface area contributed by atoms with Gasteiger partial charge in [-0.3, -0.25) is 4.98 Å². The van der Waals surface area contributed by atoms with Gasteiger partial charge in [0.15, 0.2) is 5.82 Å². The highest BCUT2D eigenvalue weighted by atomic mass is 79.9. The first-order valence-electron chi connectivity index (χ1n) is 4.60. The molecule has 0 spiro atoms. The van der Waals surface area contributed by atoms with Crippen LogP contribution in [-0.2, 0) is 0 Å². The van der Waals surface area contributed by atoms with Crippen LogP contribution in [0.1, 0.15) is 12.1 Å². The van der Waals surface area contributed by atoms with Gasteiger partial charge in [0, 0.05) is 10.7 Å². The number of hydrogen-bond donors (Lipinski definition) is 1. The van der Waals surface area contributed by atoms with Gasteiger partial charge in [0.2, 0.25) is 0 Å². The monoisotopic (exact) mass is 300 g/mol. The average Bonchev–Trinajstić information content (AvgIpc) is 2.30. The summed E-state index contributed by atoms with van der Waals surface area (Å²) in [7, 11) is 0. The van der Waals surface area contributed by atoms with Crippen LogP contribution in [0.2, 0.25) is 0 Å². The van der Waals surface area contributed by atoms with Crippen LogP contribution in [0.5, 0.6) is 0 Å². The maximum atomic E-state index is 12.6. The summed E-state index contributed by atoms with van der Waals surface area (Å²) < 4.78 is 26.0. The van der Waals surface area contributed by atoms with Crippen molar-refractivity contribution in [3.05, 3.63) is 34.7 Å². The lowest BCUT2D eigenvalue weighted by molar-refractivity contribution is 0.147. The summed E-state index contributed by atoms with van der Waals surface area (Å²) in [5.74, 6) is 0.127. The third kappa shape index (κ3) is 2.55. The largest absolute Gasteiger partial charge is 0.396 e. The van der Waals surface area contributed by atoms with E-state index < -0.39 is 12.1 Å². The van der Waals surface area contributed by atoms with Crippen molar-refractivity contribution in [3.8, 4) is 11.5 Å². The van der Waals surface area contributed by atoms with E-state index in [1.54, 1.807) is 12.1 Å². The fraction of sp³-hybridized carbons (Fsp3) is 0.100. The SMILES string of the molecule is Nc1cnc(-c2ccc(Br)cn2)nc1C(F)F. The number of pyridine rings is 1. The van der Waals surface area contributed by atoms with Crippen LogP contribution in [0.25, 0.3) is 11.5 Å². The zero-order valence-corrected chi connectivity index (χ0v) is 10.0. The van der Waals surface area contributed by atoms with Crippen LogP contribution >= 0.6 is 15.9 Å². The topological polar surface area (TPSA) is 64.7 Å². The molecule has 2 aromatic heterocycles. The zero-order chi connectivity index (χ0) is 12.4. The number of nitrogens with zero attached hydrogens (tertiary/aromatic N) is 3. The zero-order valence-electron chi connectivity index (χ0n) is 8.44. The van der Waals surface area contributed by atoms with Crippen LogP contribution in [-0.4, -0.2) is 15.0 Å². The minimum atomic E-state index is -2.73. The van der Waals surface area contributed by atoms with Gasteiger partial charge in [-0.25, -0.2) is 18.7 Å². The highest BCUT2D eigenvalue weighted by Gasteiger charge is 2.15. The van der Waals surface area contributed by atoms with E-state index in [1.165, 1.54) is 6.20 Å². The molecule has 0 saturated heterocycles. The first kappa shape index (κ1) is 11.8. The smallest absolute Gasteiger partial charge is 0.282 e. The Labute approximate surface area is 104 Å². The molecule has 0 aliphatic carbocycles. The fourth-order valence-corrected chi connectivity index (χ4v) is 1.45. The van der Waals surface area contributed by atoms with Crippen LogP contribution in [0.4, 0.5) is 14.5 Å². The van der Waals surface area contributed by atoms with E-state index >= 15 is 0 Å². The molecular weight excluding hydrogens is 294 g/mol. The summed E-state index contributed by atoms with van der Waals surface area (Å²) in [6, 6.07) is 3.36. The van der Waals surface area contributed by atoms with Crippen molar-refractivity contribution in [3.63, 3.8) is 0 Å². The third-order valence-electron chi connectivity index (χ3n) is 2.01. The molecule has 0 radical (unpaired) electrons. The number of rotatable bonds is 2. The first-order chi connectivity index (χ1) is 8.08. The molecule has 2 rings (SSSR count). The average molecular weight is 301 g/mol. The van der Waals surface area contributed by atoms with E-state index in [2.05, 4.69) is 30.9 Å². The molecule has 0 atom stereocenters. The first-order valence-corrected chi connectivity index (χ1v) is 5.39. The predicted octanol–water partition coefficient (Wildman–Crippen LogP) is 2.82. The summed E-state index contributed by atoms with van der Waals surface area (Å²) in [6.45, 7) is 0. The van der Waals surface area contributed by atoms with E-state index in [0.29, 0.717) is 5.69 Å². The van der Waals surface area contributed by atoms with Gasteiger partial charge in [0.1, 0.15) is 11.4 Å². The molecule has 2 heterocycles. The van der Waals surface area contributed by atoms with Gasteiger partial charge >= 0.3 is 0 Å². The number of anilines is 1. The summed E-state index contributed by atoms with van der Waals surface area (Å²) in [5.41, 5.74) is 5.18. The Morgan fingerprint density at radius 2 is 1.94 bits per heavy atom. The quantitative estimate of drug-likeness (QED) is 0.926. The number of alkyl halides is 2. The van der Waals surface area contributed by atoms with Crippen molar-refractivity contribution in [2.24, 2.45) is 0 Å². The lowest BCUT2D eigenvalue weighted by atomic mass is 10.3. The summed E-state index contributed by atoms with van der Waals surface area (Å²) in [4.78, 5) is 11.6. The number of nitrogen functional groups attached to an aromatic ring is 1. The second-order valence-electron chi connectivity index (χ2n) is 3.20. The molecule has 4 nitrogen and oxygen atoms in total. The molecule has 0 fully saturated rings. The van der Waals surface area contributed by atoms with E-state index in [4.69, 9.17) is 5.73 Å². The van der Waals surface area contributed by atoms with Crippen LogP contribution in [0, 0.1) is 0 Å². The van der Waals surface area contributed by atoms with Gasteiger partial charge in [-0.05, 0) is 28.1 Å². The molecule has 2 aromatic rings. The Morgan fingerprint density at radius 1 is 1.18 bits per heavy atom. The van der Waals surface area contributed by atoms with Gasteiger partial charge in [0.05, 0.1) is 11.9 Å². The van der Waals surface area contributed by atoms with Crippen molar-refractivity contribution in [1.82, 2.24) is 15.0 Å². The molecule has 0 saturated carbocycles. The molecule has 0 aromatic carbocycles. The van der Waals surface area contributed by atoms with Crippen LogP contribution < -0.4 is 5.73 Å². The number of halogens is 3. The molecule has 0 amide bonds. The standard InChI is InChI=1S/C10H7BrF2N4/c11-5-1-2-7(15-3-5)10-16-4-6(14)8(17-10)9(12)13/h1-4,9H,14H2. The molecule has 0 aliphatic rings. The molecule has 88 valence electrons. The normalized spacial score (nSPS) is 10.8. The van der Waals surface area contributed by atoms with Crippen LogP contribution in [0.15, 0.2) is 29.0 Å². The minimum Gasteiger partial charge on any atom is -0.396 e. The van der Waals surface area contributed by atoms with E-state index in [0.717, 1.165) is 10.7 Å². The van der Waals surface area contributed by atoms with Crippen molar-refractivity contribution < 1.29 is 8.78 Å². The van der Waals surface area contributed by atoms with E-state index in [1.807, 2.05) is 0 Å². The second-order valence-corrected chi connectivity index (χ2v) is 4.11. The molecule has 17 heavy (non-hydrogen) atoms. The molecule has 0 aliphatic heterocycles. The van der Waals surface area contributed by atoms with Gasteiger partial charge < -0.3 is 5.73 Å². The Hall–Kier alpha value is -1.63. The summed E-state index contributed by atoms with van der Waals surface area (Å²) in [5, 5.41) is 0. The van der Waals surface area contributed by atoms with Gasteiger partial charge in [-0.2, -0.15) is 0 Å². The Morgan fingerprint density at radius 3 is 2.53 bits per heavy atom. The van der Waals surface area contributed by atoms with Crippen molar-refractivity contribution >= 4 is 21.6 Å². The summed E-state index contributed by atoms with van der Waals surface area (Å²) >= 11 is 3.22. The number of aromatic nitrogens is 3. The van der Waals surface area contributed by atoms with Crippen LogP contribution in [0.3, 0.4) is 0 Å².